The van der Waals surface area contributed by atoms with Gasteiger partial charge in [-0.1, -0.05) is 54.6 Å². The van der Waals surface area contributed by atoms with Gasteiger partial charge < -0.3 is 0 Å². The lowest BCUT2D eigenvalue weighted by atomic mass is 10.2. The Kier molecular flexibility index (Phi) is 5.79. The molecule has 178 valence electrons. The van der Waals surface area contributed by atoms with E-state index in [1.54, 1.807) is 4.57 Å². The smallest absolute Gasteiger partial charge is 0.232 e. The Morgan fingerprint density at radius 3 is 1.56 bits per heavy atom. The Balaban J connectivity index is 0.000000133. The maximum atomic E-state index is 12.3. The second-order valence-corrected chi connectivity index (χ2v) is 9.56. The van der Waals surface area contributed by atoms with Crippen LogP contribution in [0.2, 0.25) is 0 Å². The van der Waals surface area contributed by atoms with E-state index in [9.17, 15) is 9.59 Å². The van der Waals surface area contributed by atoms with Gasteiger partial charge in [0.1, 0.15) is 0 Å². The Morgan fingerprint density at radius 1 is 0.583 bits per heavy atom. The number of alkyl halides is 2. The molecule has 0 N–H and O–H groups in total. The first-order valence-corrected chi connectivity index (χ1v) is 12.9. The highest BCUT2D eigenvalue weighted by atomic mass is 35.5. The molecule has 6 heteroatoms. The van der Waals surface area contributed by atoms with E-state index >= 15 is 0 Å². The SMILES string of the molecule is O=C(CCCl)n1c2ccccc2c2cc3cc-3c21.O=C(CCCl)n1c2ccccc2c2ccccc21. The van der Waals surface area contributed by atoms with E-state index < -0.39 is 0 Å². The summed E-state index contributed by atoms with van der Waals surface area (Å²) in [6.45, 7) is 0. The molecule has 0 saturated carbocycles. The van der Waals surface area contributed by atoms with E-state index in [0.717, 1.165) is 38.2 Å². The van der Waals surface area contributed by atoms with Gasteiger partial charge in [0.05, 0.1) is 22.1 Å². The molecule has 2 aliphatic rings. The molecule has 0 bridgehead atoms. The van der Waals surface area contributed by atoms with Gasteiger partial charge in [-0.3, -0.25) is 18.7 Å². The molecular weight excluding hydrogens is 491 g/mol. The van der Waals surface area contributed by atoms with Gasteiger partial charge in [-0.2, -0.15) is 0 Å². The fourth-order valence-electron chi connectivity index (χ4n) is 5.11. The largest absolute Gasteiger partial charge is 0.280 e. The fourth-order valence-corrected chi connectivity index (χ4v) is 5.43. The van der Waals surface area contributed by atoms with Crippen molar-refractivity contribution in [3.63, 3.8) is 0 Å². The minimum absolute atomic E-state index is 0.0439. The van der Waals surface area contributed by atoms with E-state index in [-0.39, 0.29) is 11.8 Å². The van der Waals surface area contributed by atoms with Crippen molar-refractivity contribution in [1.29, 1.82) is 0 Å². The summed E-state index contributed by atoms with van der Waals surface area (Å²) in [6, 6.07) is 28.2. The number of carbonyl (C=O) groups excluding carboxylic acids is 2. The highest BCUT2D eigenvalue weighted by Gasteiger charge is 2.26. The number of nitrogens with zero attached hydrogens (tertiary/aromatic N) is 2. The van der Waals surface area contributed by atoms with Gasteiger partial charge in [-0.05, 0) is 35.9 Å². The molecule has 0 spiro atoms. The van der Waals surface area contributed by atoms with Crippen LogP contribution >= 0.6 is 23.2 Å². The van der Waals surface area contributed by atoms with Gasteiger partial charge in [0.2, 0.25) is 11.8 Å². The molecule has 3 aromatic carbocycles. The molecule has 2 aliphatic carbocycles. The molecule has 36 heavy (non-hydrogen) atoms. The minimum Gasteiger partial charge on any atom is -0.280 e. The second kappa shape index (κ2) is 9.12. The van der Waals surface area contributed by atoms with Gasteiger partial charge in [0.15, 0.2) is 0 Å². The quantitative estimate of drug-likeness (QED) is 0.223. The lowest BCUT2D eigenvalue weighted by Crippen LogP contribution is -2.10. The van der Waals surface area contributed by atoms with Crippen LogP contribution in [0.5, 0.6) is 0 Å². The number of hydrogen-bond donors (Lipinski definition) is 0. The molecule has 2 heterocycles. The first-order chi connectivity index (χ1) is 17.6. The topological polar surface area (TPSA) is 44.0 Å². The number of carbonyl (C=O) groups is 2. The van der Waals surface area contributed by atoms with E-state index in [2.05, 4.69) is 18.2 Å². The highest BCUT2D eigenvalue weighted by Crippen LogP contribution is 2.47. The number of fused-ring (bicyclic) bond motifs is 8. The molecule has 5 aromatic rings. The standard InChI is InChI=1S/C15H10ClNO.C15H12ClNO/c16-6-5-14(18)17-13-4-2-1-3-10(13)12-8-9-7-11(9)15(12)17;16-10-9-15(18)17-13-7-3-1-5-11(13)12-6-2-4-8-14(12)17/h1-4,7-8H,5-6H2;1-8H,9-10H2. The maximum absolute atomic E-state index is 12.3. The Hall–Kier alpha value is -3.60. The van der Waals surface area contributed by atoms with Crippen LogP contribution in [-0.2, 0) is 0 Å². The van der Waals surface area contributed by atoms with Crippen molar-refractivity contribution in [1.82, 2.24) is 9.13 Å². The predicted molar refractivity (Wildman–Crippen MR) is 150 cm³/mol. The number of benzene rings is 4. The van der Waals surface area contributed by atoms with Gasteiger partial charge in [-0.25, -0.2) is 0 Å². The van der Waals surface area contributed by atoms with Crippen LogP contribution in [0, 0.1) is 0 Å². The van der Waals surface area contributed by atoms with Crippen LogP contribution in [-0.4, -0.2) is 32.7 Å². The maximum Gasteiger partial charge on any atom is 0.232 e. The Morgan fingerprint density at radius 2 is 1.03 bits per heavy atom. The van der Waals surface area contributed by atoms with Crippen molar-refractivity contribution in [2.75, 3.05) is 11.8 Å². The lowest BCUT2D eigenvalue weighted by Gasteiger charge is -2.03. The normalized spacial score (nSPS) is 11.7. The average Bonchev–Trinajstić information content (AvgIpc) is 3.28. The van der Waals surface area contributed by atoms with Crippen molar-refractivity contribution in [3.05, 3.63) is 84.9 Å². The van der Waals surface area contributed by atoms with E-state index in [0.29, 0.717) is 24.6 Å². The number of rotatable bonds is 4. The van der Waals surface area contributed by atoms with Crippen LogP contribution in [0.1, 0.15) is 22.4 Å². The molecule has 0 saturated heterocycles. The van der Waals surface area contributed by atoms with Gasteiger partial charge in [-0.15, -0.1) is 23.2 Å². The van der Waals surface area contributed by atoms with E-state index in [1.165, 1.54) is 16.5 Å². The van der Waals surface area contributed by atoms with Crippen LogP contribution in [0.4, 0.5) is 0 Å². The Bertz CT molecular complexity index is 1700. The molecule has 2 aromatic heterocycles. The molecule has 0 radical (unpaired) electrons. The van der Waals surface area contributed by atoms with Crippen LogP contribution in [0.25, 0.3) is 54.7 Å². The zero-order valence-corrected chi connectivity index (χ0v) is 20.9. The molecule has 0 fully saturated rings. The zero-order valence-electron chi connectivity index (χ0n) is 19.4. The third kappa shape index (κ3) is 3.60. The molecule has 0 atom stereocenters. The Labute approximate surface area is 217 Å². The number of aromatic nitrogens is 2. The summed E-state index contributed by atoms with van der Waals surface area (Å²) in [4.78, 5) is 24.5. The van der Waals surface area contributed by atoms with Crippen molar-refractivity contribution < 1.29 is 9.59 Å². The monoisotopic (exact) mass is 512 g/mol. The summed E-state index contributed by atoms with van der Waals surface area (Å²) in [6.07, 6.45) is 0.722. The summed E-state index contributed by atoms with van der Waals surface area (Å²) in [5.74, 6) is 0.825. The summed E-state index contributed by atoms with van der Waals surface area (Å²) < 4.78 is 3.60. The summed E-state index contributed by atoms with van der Waals surface area (Å²) in [5.41, 5.74) is 6.42. The molecule has 7 rings (SSSR count). The second-order valence-electron chi connectivity index (χ2n) is 8.81. The predicted octanol–water partition coefficient (Wildman–Crippen LogP) is 8.11. The molecular formula is C30H22Cl2N2O2. The third-order valence-corrected chi connectivity index (χ3v) is 7.07. The molecule has 4 nitrogen and oxygen atoms in total. The third-order valence-electron chi connectivity index (χ3n) is 6.69. The molecule has 0 aliphatic heterocycles. The minimum atomic E-state index is 0.0439. The van der Waals surface area contributed by atoms with Crippen molar-refractivity contribution in [2.24, 2.45) is 0 Å². The zero-order chi connectivity index (χ0) is 24.8. The highest BCUT2D eigenvalue weighted by molar-refractivity contribution is 6.24. The molecule has 0 amide bonds. The van der Waals surface area contributed by atoms with Gasteiger partial charge >= 0.3 is 0 Å². The summed E-state index contributed by atoms with van der Waals surface area (Å²) >= 11 is 11.4. The first-order valence-electron chi connectivity index (χ1n) is 11.9. The molecule has 0 unspecified atom stereocenters. The first kappa shape index (κ1) is 22.8. The van der Waals surface area contributed by atoms with E-state index in [1.807, 2.05) is 71.3 Å². The number of halogens is 2. The van der Waals surface area contributed by atoms with Crippen molar-refractivity contribution in [2.45, 2.75) is 12.8 Å². The average molecular weight is 513 g/mol. The fraction of sp³-hybridized carbons (Fsp3) is 0.133. The number of hydrogen-bond acceptors (Lipinski definition) is 2. The summed E-state index contributed by atoms with van der Waals surface area (Å²) in [5, 5.41) is 4.55. The lowest BCUT2D eigenvalue weighted by molar-refractivity contribution is 0.0911. The van der Waals surface area contributed by atoms with E-state index in [4.69, 9.17) is 23.2 Å². The van der Waals surface area contributed by atoms with Gasteiger partial charge in [0.25, 0.3) is 0 Å². The van der Waals surface area contributed by atoms with Crippen molar-refractivity contribution in [3.8, 4) is 11.1 Å². The van der Waals surface area contributed by atoms with Crippen LogP contribution in [0.15, 0.2) is 84.9 Å². The number of para-hydroxylation sites is 3. The van der Waals surface area contributed by atoms with Gasteiger partial charge in [0, 0.05) is 51.7 Å². The summed E-state index contributed by atoms with van der Waals surface area (Å²) in [7, 11) is 0. The van der Waals surface area contributed by atoms with Crippen molar-refractivity contribution >= 4 is 78.6 Å². The van der Waals surface area contributed by atoms with Crippen LogP contribution < -0.4 is 0 Å². The van der Waals surface area contributed by atoms with Crippen LogP contribution in [0.3, 0.4) is 0 Å².